The van der Waals surface area contributed by atoms with Crippen LogP contribution in [0.3, 0.4) is 0 Å². The van der Waals surface area contributed by atoms with Crippen molar-refractivity contribution in [3.05, 3.63) is 0 Å². The van der Waals surface area contributed by atoms with Gasteiger partial charge in [-0.2, -0.15) is 0 Å². The molecule has 1 aliphatic rings. The highest BCUT2D eigenvalue weighted by atomic mass is 16.3. The zero-order valence-electron chi connectivity index (χ0n) is 10.1. The average Bonchev–Trinajstić information content (AvgIpc) is 2.17. The minimum Gasteiger partial charge on any atom is -0.396 e. The molecule has 0 aliphatic heterocycles. The van der Waals surface area contributed by atoms with Gasteiger partial charge in [-0.1, -0.05) is 19.3 Å². The number of β-amino-alcohol motifs (C(OH)–C–C–N with tert-alkyl or cyclic N) is 1. The largest absolute Gasteiger partial charge is 0.396 e. The van der Waals surface area contributed by atoms with Crippen LogP contribution in [0.4, 0.5) is 0 Å². The van der Waals surface area contributed by atoms with Crippen LogP contribution in [0.25, 0.3) is 0 Å². The van der Waals surface area contributed by atoms with Crippen molar-refractivity contribution in [2.75, 3.05) is 13.2 Å². The Morgan fingerprint density at radius 3 is 2.33 bits per heavy atom. The van der Waals surface area contributed by atoms with Crippen molar-refractivity contribution in [2.24, 2.45) is 0 Å². The van der Waals surface area contributed by atoms with Crippen molar-refractivity contribution in [3.8, 4) is 0 Å². The van der Waals surface area contributed by atoms with Gasteiger partial charge in [0.25, 0.3) is 0 Å². The van der Waals surface area contributed by atoms with Gasteiger partial charge in [0.15, 0.2) is 0 Å². The summed E-state index contributed by atoms with van der Waals surface area (Å²) in [6.45, 7) is 4.98. The molecular formula is C12H25NO2. The first-order chi connectivity index (χ1) is 6.97. The standard InChI is InChI=1S/C12H25NO2/c1-11(2,8-9-14)13-10-12(15)6-4-3-5-7-12/h13-15H,3-10H2,1-2H3. The molecule has 3 heteroatoms. The molecule has 0 unspecified atom stereocenters. The van der Waals surface area contributed by atoms with E-state index >= 15 is 0 Å². The molecule has 0 spiro atoms. The van der Waals surface area contributed by atoms with Crippen molar-refractivity contribution >= 4 is 0 Å². The average molecular weight is 215 g/mol. The third kappa shape index (κ3) is 4.49. The van der Waals surface area contributed by atoms with E-state index in [1.54, 1.807) is 0 Å². The van der Waals surface area contributed by atoms with Crippen LogP contribution in [0.15, 0.2) is 0 Å². The third-order valence-corrected chi connectivity index (χ3v) is 3.42. The Kier molecular flexibility index (Phi) is 4.56. The minimum absolute atomic E-state index is 0.0814. The summed E-state index contributed by atoms with van der Waals surface area (Å²) in [4.78, 5) is 0. The van der Waals surface area contributed by atoms with Crippen molar-refractivity contribution in [1.82, 2.24) is 5.32 Å². The van der Waals surface area contributed by atoms with Gasteiger partial charge in [-0.25, -0.2) is 0 Å². The molecule has 3 N–H and O–H groups in total. The van der Waals surface area contributed by atoms with Crippen LogP contribution < -0.4 is 5.32 Å². The molecule has 0 bridgehead atoms. The maximum absolute atomic E-state index is 10.3. The first kappa shape index (κ1) is 12.9. The van der Waals surface area contributed by atoms with Crippen LogP contribution in [0, 0.1) is 0 Å². The van der Waals surface area contributed by atoms with Crippen LogP contribution in [0.5, 0.6) is 0 Å². The fourth-order valence-electron chi connectivity index (χ4n) is 2.16. The Hall–Kier alpha value is -0.120. The molecule has 1 fully saturated rings. The maximum Gasteiger partial charge on any atom is 0.0771 e. The molecule has 0 radical (unpaired) electrons. The summed E-state index contributed by atoms with van der Waals surface area (Å²) in [6, 6.07) is 0. The van der Waals surface area contributed by atoms with Gasteiger partial charge in [0.1, 0.15) is 0 Å². The second-order valence-corrected chi connectivity index (χ2v) is 5.50. The van der Waals surface area contributed by atoms with Crippen LogP contribution in [0.2, 0.25) is 0 Å². The lowest BCUT2D eigenvalue weighted by molar-refractivity contribution is -0.00176. The Labute approximate surface area is 92.9 Å². The monoisotopic (exact) mass is 215 g/mol. The molecule has 0 atom stereocenters. The second kappa shape index (κ2) is 5.28. The highest BCUT2D eigenvalue weighted by Gasteiger charge is 2.30. The summed E-state index contributed by atoms with van der Waals surface area (Å²) < 4.78 is 0. The predicted molar refractivity (Wildman–Crippen MR) is 61.8 cm³/mol. The van der Waals surface area contributed by atoms with Gasteiger partial charge in [0, 0.05) is 18.7 Å². The summed E-state index contributed by atoms with van der Waals surface area (Å²) in [7, 11) is 0. The lowest BCUT2D eigenvalue weighted by atomic mass is 9.84. The molecule has 0 aromatic heterocycles. The Bertz CT molecular complexity index is 186. The van der Waals surface area contributed by atoms with Crippen molar-refractivity contribution in [3.63, 3.8) is 0 Å². The molecule has 1 rings (SSSR count). The zero-order valence-corrected chi connectivity index (χ0v) is 10.1. The van der Waals surface area contributed by atoms with Gasteiger partial charge in [-0.05, 0) is 33.1 Å². The number of aliphatic hydroxyl groups excluding tert-OH is 1. The number of rotatable bonds is 5. The van der Waals surface area contributed by atoms with Crippen molar-refractivity contribution in [2.45, 2.75) is 63.5 Å². The van der Waals surface area contributed by atoms with E-state index in [9.17, 15) is 5.11 Å². The lowest BCUT2D eigenvalue weighted by Crippen LogP contribution is -2.50. The topological polar surface area (TPSA) is 52.5 Å². The minimum atomic E-state index is -0.509. The van der Waals surface area contributed by atoms with Gasteiger partial charge >= 0.3 is 0 Å². The van der Waals surface area contributed by atoms with Crippen LogP contribution in [0.1, 0.15) is 52.4 Å². The van der Waals surface area contributed by atoms with Crippen molar-refractivity contribution in [1.29, 1.82) is 0 Å². The Morgan fingerprint density at radius 1 is 1.20 bits per heavy atom. The SMILES string of the molecule is CC(C)(CCO)NCC1(O)CCCCC1. The number of hydrogen-bond donors (Lipinski definition) is 3. The van der Waals surface area contributed by atoms with Crippen molar-refractivity contribution < 1.29 is 10.2 Å². The van der Waals surface area contributed by atoms with E-state index in [0.717, 1.165) is 32.1 Å². The smallest absolute Gasteiger partial charge is 0.0771 e. The van der Waals surface area contributed by atoms with Gasteiger partial charge in [-0.15, -0.1) is 0 Å². The third-order valence-electron chi connectivity index (χ3n) is 3.42. The van der Waals surface area contributed by atoms with E-state index in [0.29, 0.717) is 6.54 Å². The lowest BCUT2D eigenvalue weighted by Gasteiger charge is -2.36. The zero-order chi connectivity index (χ0) is 11.4. The van der Waals surface area contributed by atoms with Gasteiger partial charge < -0.3 is 15.5 Å². The molecule has 90 valence electrons. The molecule has 0 aromatic carbocycles. The molecule has 1 saturated carbocycles. The van der Waals surface area contributed by atoms with E-state index < -0.39 is 5.60 Å². The normalized spacial score (nSPS) is 21.6. The second-order valence-electron chi connectivity index (χ2n) is 5.50. The highest BCUT2D eigenvalue weighted by molar-refractivity contribution is 4.88. The van der Waals surface area contributed by atoms with Gasteiger partial charge in [0.2, 0.25) is 0 Å². The maximum atomic E-state index is 10.3. The molecule has 0 amide bonds. The van der Waals surface area contributed by atoms with E-state index in [2.05, 4.69) is 19.2 Å². The molecule has 0 heterocycles. The van der Waals surface area contributed by atoms with Crippen LogP contribution in [-0.4, -0.2) is 34.5 Å². The number of nitrogens with one attached hydrogen (secondary N) is 1. The van der Waals surface area contributed by atoms with E-state index in [4.69, 9.17) is 5.11 Å². The fraction of sp³-hybridized carbons (Fsp3) is 1.00. The Balaban J connectivity index is 2.34. The summed E-state index contributed by atoms with van der Waals surface area (Å²) in [5, 5.41) is 22.5. The molecular weight excluding hydrogens is 190 g/mol. The van der Waals surface area contributed by atoms with Gasteiger partial charge in [-0.3, -0.25) is 0 Å². The number of aliphatic hydroxyl groups is 2. The molecule has 15 heavy (non-hydrogen) atoms. The van der Waals surface area contributed by atoms with E-state index in [-0.39, 0.29) is 12.1 Å². The highest BCUT2D eigenvalue weighted by Crippen LogP contribution is 2.27. The Morgan fingerprint density at radius 2 is 1.80 bits per heavy atom. The van der Waals surface area contributed by atoms with Gasteiger partial charge in [0.05, 0.1) is 5.60 Å². The fourth-order valence-corrected chi connectivity index (χ4v) is 2.16. The summed E-state index contributed by atoms with van der Waals surface area (Å²) in [5.41, 5.74) is -0.590. The first-order valence-electron chi connectivity index (χ1n) is 6.06. The molecule has 0 saturated heterocycles. The quantitative estimate of drug-likeness (QED) is 0.650. The van der Waals surface area contributed by atoms with Crippen LogP contribution in [-0.2, 0) is 0 Å². The van der Waals surface area contributed by atoms with E-state index in [1.165, 1.54) is 6.42 Å². The first-order valence-corrected chi connectivity index (χ1v) is 6.06. The summed E-state index contributed by atoms with van der Waals surface area (Å²) >= 11 is 0. The molecule has 3 nitrogen and oxygen atoms in total. The molecule has 0 aromatic rings. The predicted octanol–water partition coefficient (Wildman–Crippen LogP) is 1.43. The molecule has 1 aliphatic carbocycles. The van der Waals surface area contributed by atoms with E-state index in [1.807, 2.05) is 0 Å². The van der Waals surface area contributed by atoms with Crippen LogP contribution >= 0.6 is 0 Å². The summed E-state index contributed by atoms with van der Waals surface area (Å²) in [6.07, 6.45) is 6.08. The summed E-state index contributed by atoms with van der Waals surface area (Å²) in [5.74, 6) is 0. The number of hydrogen-bond acceptors (Lipinski definition) is 3.